The largest absolute Gasteiger partial charge is 0.340 e. The SMILES string of the molecule is Cc1cc(C(=O)N(C)CC2CCNCC2)nn1C.Cl. The first-order chi connectivity index (χ1) is 8.58. The molecule has 0 aliphatic carbocycles. The number of rotatable bonds is 3. The van der Waals surface area contributed by atoms with Crippen LogP contribution in [-0.4, -0.2) is 47.3 Å². The Morgan fingerprint density at radius 2 is 2.16 bits per heavy atom. The molecule has 2 rings (SSSR count). The average Bonchev–Trinajstić information content (AvgIpc) is 2.70. The molecule has 19 heavy (non-hydrogen) atoms. The van der Waals surface area contributed by atoms with Gasteiger partial charge in [0.1, 0.15) is 0 Å². The van der Waals surface area contributed by atoms with Crippen LogP contribution in [0, 0.1) is 12.8 Å². The predicted molar refractivity (Wildman–Crippen MR) is 77.7 cm³/mol. The molecule has 6 heteroatoms. The van der Waals surface area contributed by atoms with Gasteiger partial charge < -0.3 is 10.2 Å². The summed E-state index contributed by atoms with van der Waals surface area (Å²) in [5, 5.41) is 7.58. The minimum Gasteiger partial charge on any atom is -0.340 e. The number of nitrogens with one attached hydrogen (secondary N) is 1. The lowest BCUT2D eigenvalue weighted by atomic mass is 9.97. The summed E-state index contributed by atoms with van der Waals surface area (Å²) in [6.45, 7) is 4.91. The number of nitrogens with zero attached hydrogens (tertiary/aromatic N) is 3. The quantitative estimate of drug-likeness (QED) is 0.909. The summed E-state index contributed by atoms with van der Waals surface area (Å²) in [6, 6.07) is 1.85. The Morgan fingerprint density at radius 1 is 1.53 bits per heavy atom. The smallest absolute Gasteiger partial charge is 0.274 e. The fourth-order valence-corrected chi connectivity index (χ4v) is 2.40. The monoisotopic (exact) mass is 286 g/mol. The number of aryl methyl sites for hydroxylation is 2. The fourth-order valence-electron chi connectivity index (χ4n) is 2.40. The normalized spacial score (nSPS) is 15.9. The van der Waals surface area contributed by atoms with Crippen LogP contribution in [-0.2, 0) is 7.05 Å². The maximum absolute atomic E-state index is 12.2. The minimum absolute atomic E-state index is 0. The van der Waals surface area contributed by atoms with E-state index >= 15 is 0 Å². The van der Waals surface area contributed by atoms with E-state index in [9.17, 15) is 4.79 Å². The molecular formula is C13H23ClN4O. The molecule has 0 atom stereocenters. The van der Waals surface area contributed by atoms with Crippen molar-refractivity contribution >= 4 is 18.3 Å². The van der Waals surface area contributed by atoms with Crippen molar-refractivity contribution in [3.05, 3.63) is 17.5 Å². The molecule has 0 spiro atoms. The molecule has 0 aromatic carbocycles. The van der Waals surface area contributed by atoms with Crippen LogP contribution in [0.1, 0.15) is 29.0 Å². The maximum atomic E-state index is 12.2. The Bertz CT molecular complexity index is 407. The standard InChI is InChI=1S/C13H22N4O.ClH/c1-10-8-12(15-17(10)3)13(18)16(2)9-11-4-6-14-7-5-11;/h8,11,14H,4-7,9H2,1-3H3;1H. The van der Waals surface area contributed by atoms with E-state index < -0.39 is 0 Å². The van der Waals surface area contributed by atoms with E-state index in [4.69, 9.17) is 0 Å². The molecule has 1 aliphatic heterocycles. The van der Waals surface area contributed by atoms with Gasteiger partial charge >= 0.3 is 0 Å². The van der Waals surface area contributed by atoms with Crippen molar-refractivity contribution in [1.29, 1.82) is 0 Å². The fraction of sp³-hybridized carbons (Fsp3) is 0.692. The predicted octanol–water partition coefficient (Wildman–Crippen LogP) is 1.22. The Kier molecular flexibility index (Phi) is 5.82. The highest BCUT2D eigenvalue weighted by Gasteiger charge is 2.20. The van der Waals surface area contributed by atoms with E-state index in [2.05, 4.69) is 10.4 Å². The van der Waals surface area contributed by atoms with Crippen LogP contribution in [0.3, 0.4) is 0 Å². The molecular weight excluding hydrogens is 264 g/mol. The van der Waals surface area contributed by atoms with E-state index in [1.165, 1.54) is 0 Å². The number of carbonyl (C=O) groups excluding carboxylic acids is 1. The van der Waals surface area contributed by atoms with Gasteiger partial charge in [0, 0.05) is 26.3 Å². The molecule has 1 aliphatic rings. The lowest BCUT2D eigenvalue weighted by Gasteiger charge is -2.27. The second kappa shape index (κ2) is 6.91. The van der Waals surface area contributed by atoms with Gasteiger partial charge in [0.2, 0.25) is 0 Å². The molecule has 1 fully saturated rings. The first-order valence-electron chi connectivity index (χ1n) is 6.54. The van der Waals surface area contributed by atoms with Gasteiger partial charge in [-0.15, -0.1) is 12.4 Å². The Hall–Kier alpha value is -1.07. The summed E-state index contributed by atoms with van der Waals surface area (Å²) in [4.78, 5) is 14.0. The summed E-state index contributed by atoms with van der Waals surface area (Å²) in [5.74, 6) is 0.641. The van der Waals surface area contributed by atoms with Crippen molar-refractivity contribution in [3.63, 3.8) is 0 Å². The van der Waals surface area contributed by atoms with Crippen molar-refractivity contribution in [2.24, 2.45) is 13.0 Å². The number of halogens is 1. The van der Waals surface area contributed by atoms with Gasteiger partial charge in [-0.1, -0.05) is 0 Å². The van der Waals surface area contributed by atoms with Crippen LogP contribution in [0.2, 0.25) is 0 Å². The van der Waals surface area contributed by atoms with Gasteiger partial charge in [-0.2, -0.15) is 5.10 Å². The maximum Gasteiger partial charge on any atom is 0.274 e. The molecule has 1 amide bonds. The lowest BCUT2D eigenvalue weighted by Crippen LogP contribution is -2.37. The van der Waals surface area contributed by atoms with E-state index in [1.807, 2.05) is 27.1 Å². The highest BCUT2D eigenvalue weighted by molar-refractivity contribution is 5.92. The second-order valence-electron chi connectivity index (χ2n) is 5.17. The molecule has 0 unspecified atom stereocenters. The van der Waals surface area contributed by atoms with E-state index in [0.717, 1.165) is 38.2 Å². The summed E-state index contributed by atoms with van der Waals surface area (Å²) < 4.78 is 1.74. The van der Waals surface area contributed by atoms with Crippen molar-refractivity contribution in [3.8, 4) is 0 Å². The van der Waals surface area contributed by atoms with Crippen LogP contribution in [0.15, 0.2) is 6.07 Å². The molecule has 0 radical (unpaired) electrons. The molecule has 1 N–H and O–H groups in total. The first kappa shape index (κ1) is 16.0. The zero-order valence-electron chi connectivity index (χ0n) is 11.8. The van der Waals surface area contributed by atoms with E-state index in [0.29, 0.717) is 11.6 Å². The zero-order chi connectivity index (χ0) is 13.1. The van der Waals surface area contributed by atoms with Crippen LogP contribution in [0.5, 0.6) is 0 Å². The van der Waals surface area contributed by atoms with Crippen LogP contribution < -0.4 is 5.32 Å². The molecule has 5 nitrogen and oxygen atoms in total. The molecule has 0 bridgehead atoms. The summed E-state index contributed by atoms with van der Waals surface area (Å²) in [7, 11) is 3.73. The number of carbonyl (C=O) groups is 1. The number of piperidine rings is 1. The third-order valence-electron chi connectivity index (χ3n) is 3.67. The molecule has 1 saturated heterocycles. The average molecular weight is 287 g/mol. The minimum atomic E-state index is 0. The lowest BCUT2D eigenvalue weighted by molar-refractivity contribution is 0.0756. The number of hydrogen-bond acceptors (Lipinski definition) is 3. The van der Waals surface area contributed by atoms with Gasteiger partial charge in [0.25, 0.3) is 5.91 Å². The van der Waals surface area contributed by atoms with Crippen molar-refractivity contribution in [1.82, 2.24) is 20.0 Å². The Morgan fingerprint density at radius 3 is 2.68 bits per heavy atom. The first-order valence-corrected chi connectivity index (χ1v) is 6.54. The van der Waals surface area contributed by atoms with Crippen molar-refractivity contribution in [2.75, 3.05) is 26.7 Å². The van der Waals surface area contributed by atoms with E-state index in [-0.39, 0.29) is 18.3 Å². The number of hydrogen-bond donors (Lipinski definition) is 1. The summed E-state index contributed by atoms with van der Waals surface area (Å²) in [6.07, 6.45) is 2.30. The third kappa shape index (κ3) is 3.94. The van der Waals surface area contributed by atoms with Gasteiger partial charge in [0.15, 0.2) is 5.69 Å². The van der Waals surface area contributed by atoms with Gasteiger partial charge in [-0.3, -0.25) is 9.48 Å². The Labute approximate surface area is 120 Å². The van der Waals surface area contributed by atoms with Crippen molar-refractivity contribution < 1.29 is 4.79 Å². The highest BCUT2D eigenvalue weighted by atomic mass is 35.5. The van der Waals surface area contributed by atoms with Gasteiger partial charge in [-0.25, -0.2) is 0 Å². The molecule has 108 valence electrons. The van der Waals surface area contributed by atoms with Crippen LogP contribution >= 0.6 is 12.4 Å². The summed E-state index contributed by atoms with van der Waals surface area (Å²) >= 11 is 0. The molecule has 1 aromatic rings. The zero-order valence-corrected chi connectivity index (χ0v) is 12.7. The summed E-state index contributed by atoms with van der Waals surface area (Å²) in [5.41, 5.74) is 1.56. The van der Waals surface area contributed by atoms with Crippen LogP contribution in [0.25, 0.3) is 0 Å². The third-order valence-corrected chi connectivity index (χ3v) is 3.67. The van der Waals surface area contributed by atoms with Gasteiger partial charge in [0.05, 0.1) is 0 Å². The highest BCUT2D eigenvalue weighted by Crippen LogP contribution is 2.14. The van der Waals surface area contributed by atoms with Gasteiger partial charge in [-0.05, 0) is 44.8 Å². The number of aromatic nitrogens is 2. The second-order valence-corrected chi connectivity index (χ2v) is 5.17. The van der Waals surface area contributed by atoms with Crippen molar-refractivity contribution in [2.45, 2.75) is 19.8 Å². The van der Waals surface area contributed by atoms with Crippen LogP contribution in [0.4, 0.5) is 0 Å². The molecule has 1 aromatic heterocycles. The molecule has 0 saturated carbocycles. The molecule has 2 heterocycles. The topological polar surface area (TPSA) is 50.2 Å². The Balaban J connectivity index is 0.00000180. The number of amides is 1. The van der Waals surface area contributed by atoms with E-state index in [1.54, 1.807) is 9.58 Å².